The fraction of sp³-hybridized carbons (Fsp3) is 0.364. The van der Waals surface area contributed by atoms with Crippen LogP contribution in [0.4, 0.5) is 11.6 Å². The van der Waals surface area contributed by atoms with Crippen LogP contribution in [-0.2, 0) is 6.54 Å². The van der Waals surface area contributed by atoms with Gasteiger partial charge in [-0.15, -0.1) is 0 Å². The number of hydrogen-bond acceptors (Lipinski definition) is 5. The summed E-state index contributed by atoms with van der Waals surface area (Å²) in [4.78, 5) is 12.2. The number of nitrogens with zero attached hydrogens (tertiary/aromatic N) is 4. The van der Waals surface area contributed by atoms with Crippen LogP contribution in [0.2, 0.25) is 0 Å². The smallest absolute Gasteiger partial charge is 0.131 e. The topological polar surface area (TPSA) is 67.7 Å². The highest BCUT2D eigenvalue weighted by Gasteiger charge is 1.96. The van der Waals surface area contributed by atoms with E-state index in [1.54, 1.807) is 12.5 Å². The molecule has 0 bridgehead atoms. The molecule has 0 unspecified atom stereocenters. The lowest BCUT2D eigenvalue weighted by molar-refractivity contribution is 0.660. The minimum atomic E-state index is 0.817. The Kier molecular flexibility index (Phi) is 3.90. The quantitative estimate of drug-likeness (QED) is 0.733. The zero-order valence-corrected chi connectivity index (χ0v) is 9.80. The van der Waals surface area contributed by atoms with Crippen molar-refractivity contribution < 1.29 is 0 Å². The molecule has 2 heterocycles. The number of imidazole rings is 1. The fourth-order valence-corrected chi connectivity index (χ4v) is 1.49. The lowest BCUT2D eigenvalue weighted by Crippen LogP contribution is -2.07. The van der Waals surface area contributed by atoms with Crippen LogP contribution in [0.25, 0.3) is 0 Å². The Balaban J connectivity index is 1.74. The number of aryl methyl sites for hydroxylation is 1. The summed E-state index contributed by atoms with van der Waals surface area (Å²) in [6.07, 6.45) is 8.14. The van der Waals surface area contributed by atoms with Crippen molar-refractivity contribution in [3.05, 3.63) is 31.1 Å². The highest BCUT2D eigenvalue weighted by atomic mass is 15.1. The monoisotopic (exact) mass is 232 g/mol. The fourth-order valence-electron chi connectivity index (χ4n) is 1.49. The normalized spacial score (nSPS) is 10.2. The van der Waals surface area contributed by atoms with Gasteiger partial charge in [-0.1, -0.05) is 0 Å². The molecule has 0 fully saturated rings. The Morgan fingerprint density at radius 1 is 1.29 bits per heavy atom. The van der Waals surface area contributed by atoms with Gasteiger partial charge in [-0.3, -0.25) is 0 Å². The molecule has 6 nitrogen and oxygen atoms in total. The van der Waals surface area contributed by atoms with Crippen molar-refractivity contribution in [1.29, 1.82) is 0 Å². The lowest BCUT2D eigenvalue weighted by atomic mass is 10.4. The third kappa shape index (κ3) is 3.44. The second-order valence-corrected chi connectivity index (χ2v) is 3.62. The highest BCUT2D eigenvalue weighted by molar-refractivity contribution is 5.45. The van der Waals surface area contributed by atoms with E-state index >= 15 is 0 Å². The van der Waals surface area contributed by atoms with Gasteiger partial charge in [0.1, 0.15) is 18.0 Å². The van der Waals surface area contributed by atoms with Gasteiger partial charge in [0.25, 0.3) is 0 Å². The van der Waals surface area contributed by atoms with Crippen LogP contribution in [0.3, 0.4) is 0 Å². The molecule has 0 aliphatic carbocycles. The summed E-state index contributed by atoms with van der Waals surface area (Å²) >= 11 is 0. The third-order valence-electron chi connectivity index (χ3n) is 2.38. The molecule has 0 saturated heterocycles. The first-order valence-electron chi connectivity index (χ1n) is 5.58. The summed E-state index contributed by atoms with van der Waals surface area (Å²) in [6, 6.07) is 1.89. The van der Waals surface area contributed by atoms with E-state index in [0.717, 1.165) is 31.1 Å². The van der Waals surface area contributed by atoms with Crippen LogP contribution < -0.4 is 10.6 Å². The van der Waals surface area contributed by atoms with Crippen molar-refractivity contribution >= 4 is 11.6 Å². The summed E-state index contributed by atoms with van der Waals surface area (Å²) < 4.78 is 2.06. The number of aromatic nitrogens is 4. The molecule has 0 aromatic carbocycles. The molecule has 0 spiro atoms. The lowest BCUT2D eigenvalue weighted by Gasteiger charge is -2.06. The Morgan fingerprint density at radius 2 is 2.18 bits per heavy atom. The predicted octanol–water partition coefficient (Wildman–Crippen LogP) is 1.22. The molecule has 2 aromatic heterocycles. The second-order valence-electron chi connectivity index (χ2n) is 3.62. The third-order valence-corrected chi connectivity index (χ3v) is 2.38. The SMILES string of the molecule is CNc1cc(NCCCn2ccnc2)ncn1. The average molecular weight is 232 g/mol. The first-order valence-corrected chi connectivity index (χ1v) is 5.58. The van der Waals surface area contributed by atoms with Crippen molar-refractivity contribution in [1.82, 2.24) is 19.5 Å². The van der Waals surface area contributed by atoms with Crippen molar-refractivity contribution in [2.45, 2.75) is 13.0 Å². The van der Waals surface area contributed by atoms with Crippen molar-refractivity contribution in [3.8, 4) is 0 Å². The zero-order valence-electron chi connectivity index (χ0n) is 9.80. The largest absolute Gasteiger partial charge is 0.373 e. The molecule has 0 saturated carbocycles. The van der Waals surface area contributed by atoms with Gasteiger partial charge in [-0.25, -0.2) is 15.0 Å². The van der Waals surface area contributed by atoms with Gasteiger partial charge in [0.2, 0.25) is 0 Å². The van der Waals surface area contributed by atoms with Crippen LogP contribution in [0.1, 0.15) is 6.42 Å². The molecule has 0 amide bonds. The van der Waals surface area contributed by atoms with E-state index in [9.17, 15) is 0 Å². The predicted molar refractivity (Wildman–Crippen MR) is 66.9 cm³/mol. The standard InChI is InChI=1S/C11H16N6/c1-12-10-7-11(16-8-15-10)14-3-2-5-17-6-4-13-9-17/h4,6-9H,2-3,5H2,1H3,(H2,12,14,15,16). The zero-order chi connectivity index (χ0) is 11.9. The van der Waals surface area contributed by atoms with Gasteiger partial charge in [-0.05, 0) is 6.42 Å². The molecule has 0 aliphatic rings. The summed E-state index contributed by atoms with van der Waals surface area (Å²) in [5.41, 5.74) is 0. The highest BCUT2D eigenvalue weighted by Crippen LogP contribution is 2.07. The van der Waals surface area contributed by atoms with Gasteiger partial charge >= 0.3 is 0 Å². The van der Waals surface area contributed by atoms with Crippen molar-refractivity contribution in [2.24, 2.45) is 0 Å². The molecular weight excluding hydrogens is 216 g/mol. The minimum Gasteiger partial charge on any atom is -0.373 e. The molecule has 90 valence electrons. The molecular formula is C11H16N6. The average Bonchev–Trinajstić information content (AvgIpc) is 2.88. The summed E-state index contributed by atoms with van der Waals surface area (Å²) in [6.45, 7) is 1.83. The number of hydrogen-bond donors (Lipinski definition) is 2. The van der Waals surface area contributed by atoms with E-state index in [-0.39, 0.29) is 0 Å². The molecule has 2 aromatic rings. The van der Waals surface area contributed by atoms with Gasteiger partial charge < -0.3 is 15.2 Å². The minimum absolute atomic E-state index is 0.817. The maximum Gasteiger partial charge on any atom is 0.131 e. The van der Waals surface area contributed by atoms with E-state index < -0.39 is 0 Å². The van der Waals surface area contributed by atoms with Crippen molar-refractivity contribution in [2.75, 3.05) is 24.2 Å². The van der Waals surface area contributed by atoms with Crippen LogP contribution in [0.5, 0.6) is 0 Å². The number of nitrogens with one attached hydrogen (secondary N) is 2. The van der Waals surface area contributed by atoms with Gasteiger partial charge in [-0.2, -0.15) is 0 Å². The summed E-state index contributed by atoms with van der Waals surface area (Å²) in [5.74, 6) is 1.66. The van der Waals surface area contributed by atoms with Crippen LogP contribution in [0, 0.1) is 0 Å². The van der Waals surface area contributed by atoms with Crippen molar-refractivity contribution in [3.63, 3.8) is 0 Å². The Morgan fingerprint density at radius 3 is 2.94 bits per heavy atom. The molecule has 6 heteroatoms. The van der Waals surface area contributed by atoms with E-state index in [1.165, 1.54) is 0 Å². The molecule has 0 aliphatic heterocycles. The van der Waals surface area contributed by atoms with E-state index in [2.05, 4.69) is 30.2 Å². The molecule has 2 rings (SSSR count). The Labute approximate surface area is 100 Å². The first kappa shape index (κ1) is 11.4. The summed E-state index contributed by atoms with van der Waals surface area (Å²) in [5, 5.41) is 6.23. The van der Waals surface area contributed by atoms with E-state index in [1.807, 2.05) is 25.6 Å². The van der Waals surface area contributed by atoms with Crippen LogP contribution in [-0.4, -0.2) is 33.1 Å². The van der Waals surface area contributed by atoms with Crippen LogP contribution >= 0.6 is 0 Å². The van der Waals surface area contributed by atoms with Gasteiger partial charge in [0, 0.05) is 38.6 Å². The molecule has 0 radical (unpaired) electrons. The maximum absolute atomic E-state index is 4.14. The van der Waals surface area contributed by atoms with Gasteiger partial charge in [0.05, 0.1) is 6.33 Å². The molecule has 17 heavy (non-hydrogen) atoms. The van der Waals surface area contributed by atoms with E-state index in [4.69, 9.17) is 0 Å². The Hall–Kier alpha value is -2.11. The Bertz CT molecular complexity index is 439. The first-order chi connectivity index (χ1) is 8.38. The number of anilines is 2. The van der Waals surface area contributed by atoms with Gasteiger partial charge in [0.15, 0.2) is 0 Å². The van der Waals surface area contributed by atoms with Crippen LogP contribution in [0.15, 0.2) is 31.1 Å². The molecule has 2 N–H and O–H groups in total. The second kappa shape index (κ2) is 5.83. The summed E-state index contributed by atoms with van der Waals surface area (Å²) in [7, 11) is 1.84. The maximum atomic E-state index is 4.14. The van der Waals surface area contributed by atoms with E-state index in [0.29, 0.717) is 0 Å². The molecule has 0 atom stereocenters. The number of rotatable bonds is 6.